The van der Waals surface area contributed by atoms with E-state index < -0.39 is 16.3 Å². The number of hydrogen-bond acceptors (Lipinski definition) is 6. The number of nitro benzene ring substituents is 1. The smallest absolute Gasteiger partial charge is 0.306 e. The molecule has 1 aliphatic rings. The van der Waals surface area contributed by atoms with Crippen LogP contribution in [0, 0.1) is 15.9 Å². The van der Waals surface area contributed by atoms with Gasteiger partial charge < -0.3 is 14.7 Å². The van der Waals surface area contributed by atoms with Gasteiger partial charge in [-0.2, -0.15) is 0 Å². The van der Waals surface area contributed by atoms with Crippen LogP contribution in [0.4, 0.5) is 15.8 Å². The van der Waals surface area contributed by atoms with Crippen molar-refractivity contribution in [1.82, 2.24) is 0 Å². The van der Waals surface area contributed by atoms with E-state index in [1.165, 1.54) is 37.4 Å². The van der Waals surface area contributed by atoms with E-state index in [1.807, 2.05) is 6.92 Å². The van der Waals surface area contributed by atoms with Gasteiger partial charge in [0.15, 0.2) is 0 Å². The summed E-state index contributed by atoms with van der Waals surface area (Å²) in [5, 5.41) is 22.4. The molecule has 1 aliphatic heterocycles. The average Bonchev–Trinajstić information content (AvgIpc) is 2.69. The molecule has 1 atom stereocenters. The van der Waals surface area contributed by atoms with Crippen molar-refractivity contribution in [2.45, 2.75) is 31.3 Å². The highest BCUT2D eigenvalue weighted by Gasteiger charge is 2.44. The molecule has 1 fully saturated rings. The predicted octanol–water partition coefficient (Wildman–Crippen LogP) is 3.50. The maximum Gasteiger partial charge on any atom is 0.306 e. The highest BCUT2D eigenvalue weighted by Crippen LogP contribution is 2.41. The van der Waals surface area contributed by atoms with Crippen LogP contribution in [0.5, 0.6) is 0 Å². The van der Waals surface area contributed by atoms with Crippen LogP contribution in [0.1, 0.15) is 36.8 Å². The number of ether oxygens (including phenoxy) is 1. The topological polar surface area (TPSA) is 92.9 Å². The molecule has 0 amide bonds. The van der Waals surface area contributed by atoms with E-state index in [9.17, 15) is 24.4 Å². The Morgan fingerprint density at radius 3 is 2.52 bits per heavy atom. The molecule has 0 radical (unpaired) electrons. The number of rotatable bonds is 7. The number of esters is 1. The number of nitrogens with zero attached hydrogens (tertiary/aromatic N) is 2. The number of benzene rings is 2. The summed E-state index contributed by atoms with van der Waals surface area (Å²) < 4.78 is 17.8. The molecule has 29 heavy (non-hydrogen) atoms. The summed E-state index contributed by atoms with van der Waals surface area (Å²) >= 11 is 0. The lowest BCUT2D eigenvalue weighted by molar-refractivity contribution is -0.384. The summed E-state index contributed by atoms with van der Waals surface area (Å²) in [5.74, 6) is -0.935. The minimum atomic E-state index is -1.18. The van der Waals surface area contributed by atoms with Gasteiger partial charge in [0.1, 0.15) is 17.1 Å². The van der Waals surface area contributed by atoms with Crippen molar-refractivity contribution < 1.29 is 24.0 Å². The largest absolute Gasteiger partial charge is 0.469 e. The van der Waals surface area contributed by atoms with E-state index in [0.29, 0.717) is 23.2 Å². The van der Waals surface area contributed by atoms with Gasteiger partial charge in [-0.05, 0) is 41.7 Å². The summed E-state index contributed by atoms with van der Waals surface area (Å²) in [6.45, 7) is 2.24. The van der Waals surface area contributed by atoms with Crippen molar-refractivity contribution in [2.75, 3.05) is 25.1 Å². The van der Waals surface area contributed by atoms with E-state index in [-0.39, 0.29) is 37.1 Å². The Balaban J connectivity index is 1.82. The number of carbonyl (C=O) groups is 1. The molecule has 1 unspecified atom stereocenters. The number of aliphatic hydroxyl groups is 1. The van der Waals surface area contributed by atoms with Crippen molar-refractivity contribution in [3.05, 3.63) is 69.5 Å². The number of nitro groups is 1. The molecule has 0 aliphatic carbocycles. The second-order valence-corrected chi connectivity index (χ2v) is 7.29. The van der Waals surface area contributed by atoms with Crippen LogP contribution in [0.3, 0.4) is 0 Å². The first-order chi connectivity index (χ1) is 13.8. The van der Waals surface area contributed by atoms with Gasteiger partial charge in [0.05, 0.1) is 31.5 Å². The van der Waals surface area contributed by atoms with Gasteiger partial charge in [0.25, 0.3) is 5.69 Å². The zero-order valence-electron chi connectivity index (χ0n) is 16.3. The van der Waals surface area contributed by atoms with Crippen LogP contribution in [0.2, 0.25) is 0 Å². The van der Waals surface area contributed by atoms with Gasteiger partial charge >= 0.3 is 5.97 Å². The number of β-amino-alcohol motifs (C(OH)–C–C–N with tert-alkyl or cyclic N) is 1. The van der Waals surface area contributed by atoms with Crippen molar-refractivity contribution >= 4 is 17.3 Å². The summed E-state index contributed by atoms with van der Waals surface area (Å²) in [6.07, 6.45) is 0.789. The first-order valence-electron chi connectivity index (χ1n) is 9.36. The highest BCUT2D eigenvalue weighted by molar-refractivity contribution is 5.71. The Bertz CT molecular complexity index is 910. The summed E-state index contributed by atoms with van der Waals surface area (Å²) in [6, 6.07) is 10.5. The van der Waals surface area contributed by atoms with Crippen molar-refractivity contribution in [3.63, 3.8) is 0 Å². The fourth-order valence-corrected chi connectivity index (χ4v) is 3.69. The standard InChI is InChI=1S/C21H23FN2O5/c1-3-14(11-20(25)29-2)15-4-9-18(19(10-15)24(27)28)23-12-21(26,13-23)16-5-7-17(22)8-6-16/h4-10,14,26H,3,11-13H2,1-2H3. The third kappa shape index (κ3) is 4.22. The van der Waals surface area contributed by atoms with Crippen LogP contribution < -0.4 is 4.90 Å². The van der Waals surface area contributed by atoms with Crippen LogP contribution in [-0.2, 0) is 15.1 Å². The van der Waals surface area contributed by atoms with Gasteiger partial charge in [-0.15, -0.1) is 0 Å². The fourth-order valence-electron chi connectivity index (χ4n) is 3.69. The average molecular weight is 402 g/mol. The van der Waals surface area contributed by atoms with E-state index in [4.69, 9.17) is 4.74 Å². The third-order valence-corrected chi connectivity index (χ3v) is 5.43. The summed E-state index contributed by atoms with van der Waals surface area (Å²) in [5.41, 5.74) is 0.406. The van der Waals surface area contributed by atoms with Crippen molar-refractivity contribution in [3.8, 4) is 0 Å². The molecule has 2 aromatic rings. The zero-order valence-corrected chi connectivity index (χ0v) is 16.3. The third-order valence-electron chi connectivity index (χ3n) is 5.43. The molecule has 8 heteroatoms. The van der Waals surface area contributed by atoms with Crippen LogP contribution in [0.25, 0.3) is 0 Å². The molecule has 1 N–H and O–H groups in total. The number of methoxy groups -OCH3 is 1. The highest BCUT2D eigenvalue weighted by atomic mass is 19.1. The molecular formula is C21H23FN2O5. The van der Waals surface area contributed by atoms with E-state index in [1.54, 1.807) is 17.0 Å². The monoisotopic (exact) mass is 402 g/mol. The molecule has 154 valence electrons. The number of carbonyl (C=O) groups excluding carboxylic acids is 1. The molecule has 3 rings (SSSR count). The molecule has 1 saturated heterocycles. The van der Waals surface area contributed by atoms with Crippen LogP contribution in [0.15, 0.2) is 42.5 Å². The molecule has 0 bridgehead atoms. The van der Waals surface area contributed by atoms with Crippen LogP contribution >= 0.6 is 0 Å². The number of anilines is 1. The first-order valence-corrected chi connectivity index (χ1v) is 9.36. The van der Waals surface area contributed by atoms with Gasteiger partial charge in [0, 0.05) is 6.07 Å². The second kappa shape index (κ2) is 8.16. The molecule has 0 spiro atoms. The van der Waals surface area contributed by atoms with E-state index in [2.05, 4.69) is 0 Å². The van der Waals surface area contributed by atoms with Crippen molar-refractivity contribution in [2.24, 2.45) is 0 Å². The SMILES string of the molecule is CCC(CC(=O)OC)c1ccc(N2CC(O)(c3ccc(F)cc3)C2)c([N+](=O)[O-])c1. The first kappa shape index (κ1) is 20.7. The lowest BCUT2D eigenvalue weighted by Crippen LogP contribution is -2.59. The predicted molar refractivity (Wildman–Crippen MR) is 105 cm³/mol. The lowest BCUT2D eigenvalue weighted by Gasteiger charge is -2.47. The number of hydrogen-bond donors (Lipinski definition) is 1. The molecule has 0 saturated carbocycles. The maximum absolute atomic E-state index is 13.1. The molecule has 0 aromatic heterocycles. The zero-order chi connectivity index (χ0) is 21.2. The van der Waals surface area contributed by atoms with Gasteiger partial charge in [-0.1, -0.05) is 25.1 Å². The molecule has 7 nitrogen and oxygen atoms in total. The Morgan fingerprint density at radius 2 is 1.97 bits per heavy atom. The Morgan fingerprint density at radius 1 is 1.31 bits per heavy atom. The fraction of sp³-hybridized carbons (Fsp3) is 0.381. The van der Waals surface area contributed by atoms with Gasteiger partial charge in [0.2, 0.25) is 0 Å². The van der Waals surface area contributed by atoms with Gasteiger partial charge in [-0.25, -0.2) is 4.39 Å². The summed E-state index contributed by atoms with van der Waals surface area (Å²) in [7, 11) is 1.31. The minimum absolute atomic E-state index is 0.0769. The van der Waals surface area contributed by atoms with E-state index in [0.717, 1.165) is 0 Å². The van der Waals surface area contributed by atoms with Crippen LogP contribution in [-0.4, -0.2) is 36.2 Å². The minimum Gasteiger partial charge on any atom is -0.469 e. The maximum atomic E-state index is 13.1. The second-order valence-electron chi connectivity index (χ2n) is 7.29. The van der Waals surface area contributed by atoms with Crippen molar-refractivity contribution in [1.29, 1.82) is 0 Å². The quantitative estimate of drug-likeness (QED) is 0.433. The van der Waals surface area contributed by atoms with Gasteiger partial charge in [-0.3, -0.25) is 14.9 Å². The molecular weight excluding hydrogens is 379 g/mol. The van der Waals surface area contributed by atoms with E-state index >= 15 is 0 Å². The molecule has 1 heterocycles. The normalized spacial score (nSPS) is 16.1. The Labute approximate surface area is 167 Å². The Kier molecular flexibility index (Phi) is 5.83. The molecule has 2 aromatic carbocycles. The number of halogens is 1. The Hall–Kier alpha value is -3.00. The lowest BCUT2D eigenvalue weighted by atomic mass is 9.85. The summed E-state index contributed by atoms with van der Waals surface area (Å²) in [4.78, 5) is 24.5.